The highest BCUT2D eigenvalue weighted by Crippen LogP contribution is 1.94. The molecule has 3 heteroatoms. The van der Waals surface area contributed by atoms with Gasteiger partial charge >= 0.3 is 0 Å². The summed E-state index contributed by atoms with van der Waals surface area (Å²) in [6.45, 7) is 3.36. The summed E-state index contributed by atoms with van der Waals surface area (Å²) in [7, 11) is 1.91. The zero-order valence-electron chi connectivity index (χ0n) is 7.25. The van der Waals surface area contributed by atoms with E-state index in [4.69, 9.17) is 5.26 Å². The van der Waals surface area contributed by atoms with Gasteiger partial charge in [-0.25, -0.2) is 0 Å². The largest absolute Gasteiger partial charge is 0.392 e. The van der Waals surface area contributed by atoms with E-state index in [0.717, 1.165) is 13.0 Å². The second kappa shape index (κ2) is 6.14. The van der Waals surface area contributed by atoms with E-state index in [1.165, 1.54) is 0 Å². The third-order valence-electron chi connectivity index (χ3n) is 1.60. The van der Waals surface area contributed by atoms with Crippen molar-refractivity contribution < 1.29 is 5.11 Å². The van der Waals surface area contributed by atoms with Crippen LogP contribution >= 0.6 is 0 Å². The fourth-order valence-corrected chi connectivity index (χ4v) is 0.821. The normalized spacial score (nSPS) is 13.0. The minimum absolute atomic E-state index is 0.251. The van der Waals surface area contributed by atoms with Crippen LogP contribution in [0.5, 0.6) is 0 Å². The van der Waals surface area contributed by atoms with E-state index in [1.54, 1.807) is 0 Å². The lowest BCUT2D eigenvalue weighted by molar-refractivity contribution is 0.123. The average Bonchev–Trinajstić information content (AvgIpc) is 2.00. The first kappa shape index (κ1) is 10.4. The molecule has 0 rings (SSSR count). The predicted octanol–water partition coefficient (Wildman–Crippen LogP) is 0.603. The van der Waals surface area contributed by atoms with Crippen LogP contribution in [0.15, 0.2) is 0 Å². The molecule has 1 unspecified atom stereocenters. The van der Waals surface area contributed by atoms with Crippen molar-refractivity contribution >= 4 is 0 Å². The van der Waals surface area contributed by atoms with Gasteiger partial charge in [0, 0.05) is 19.5 Å². The second-order valence-electron chi connectivity index (χ2n) is 2.73. The third kappa shape index (κ3) is 5.84. The van der Waals surface area contributed by atoms with Crippen molar-refractivity contribution in [3.63, 3.8) is 0 Å². The minimum Gasteiger partial charge on any atom is -0.392 e. The number of nitriles is 1. The van der Waals surface area contributed by atoms with Gasteiger partial charge in [-0.05, 0) is 13.5 Å². The molecule has 0 saturated heterocycles. The van der Waals surface area contributed by atoms with Crippen molar-refractivity contribution in [3.05, 3.63) is 0 Å². The molecule has 0 spiro atoms. The first-order valence-electron chi connectivity index (χ1n) is 3.94. The topological polar surface area (TPSA) is 47.3 Å². The monoisotopic (exact) mass is 156 g/mol. The van der Waals surface area contributed by atoms with Gasteiger partial charge in [0.1, 0.15) is 0 Å². The zero-order valence-corrected chi connectivity index (χ0v) is 7.25. The van der Waals surface area contributed by atoms with Crippen molar-refractivity contribution in [2.75, 3.05) is 20.1 Å². The van der Waals surface area contributed by atoms with Crippen molar-refractivity contribution in [3.8, 4) is 6.07 Å². The Kier molecular flexibility index (Phi) is 5.81. The molecule has 64 valence electrons. The van der Waals surface area contributed by atoms with E-state index in [1.807, 2.05) is 18.9 Å². The van der Waals surface area contributed by atoms with E-state index in [0.29, 0.717) is 13.0 Å². The van der Waals surface area contributed by atoms with Crippen LogP contribution in [0.1, 0.15) is 19.8 Å². The van der Waals surface area contributed by atoms with Crippen molar-refractivity contribution in [2.24, 2.45) is 0 Å². The quantitative estimate of drug-likeness (QED) is 0.634. The highest BCUT2D eigenvalue weighted by molar-refractivity contribution is 4.71. The molecule has 3 nitrogen and oxygen atoms in total. The molecule has 0 aliphatic carbocycles. The predicted molar refractivity (Wildman–Crippen MR) is 44.0 cm³/mol. The summed E-state index contributed by atoms with van der Waals surface area (Å²) < 4.78 is 0. The van der Waals surface area contributed by atoms with Gasteiger partial charge in [0.05, 0.1) is 12.2 Å². The molecule has 1 atom stereocenters. The Hall–Kier alpha value is -0.590. The number of hydrogen-bond donors (Lipinski definition) is 1. The molecule has 0 heterocycles. The van der Waals surface area contributed by atoms with Gasteiger partial charge in [0.2, 0.25) is 0 Å². The Bertz CT molecular complexity index is 131. The molecule has 0 aromatic heterocycles. The molecular formula is C8H16N2O. The highest BCUT2D eigenvalue weighted by atomic mass is 16.3. The molecule has 0 aromatic rings. The summed E-state index contributed by atoms with van der Waals surface area (Å²) in [6, 6.07) is 2.07. The van der Waals surface area contributed by atoms with Gasteiger partial charge in [0.15, 0.2) is 0 Å². The maximum absolute atomic E-state index is 9.20. The van der Waals surface area contributed by atoms with Crippen LogP contribution < -0.4 is 0 Å². The van der Waals surface area contributed by atoms with Gasteiger partial charge in [-0.15, -0.1) is 0 Å². The molecule has 0 radical (unpaired) electrons. The number of rotatable bonds is 5. The first-order valence-corrected chi connectivity index (χ1v) is 3.94. The maximum Gasteiger partial charge on any atom is 0.0664 e. The lowest BCUT2D eigenvalue weighted by Crippen LogP contribution is -2.29. The molecule has 0 fully saturated rings. The van der Waals surface area contributed by atoms with Gasteiger partial charge in [-0.2, -0.15) is 5.26 Å². The molecular weight excluding hydrogens is 140 g/mol. The van der Waals surface area contributed by atoms with Crippen LogP contribution in [0.2, 0.25) is 0 Å². The number of nitrogens with zero attached hydrogens (tertiary/aromatic N) is 2. The summed E-state index contributed by atoms with van der Waals surface area (Å²) in [5, 5.41) is 17.5. The van der Waals surface area contributed by atoms with E-state index in [2.05, 4.69) is 6.07 Å². The Labute approximate surface area is 68.2 Å². The third-order valence-corrected chi connectivity index (χ3v) is 1.60. The van der Waals surface area contributed by atoms with Gasteiger partial charge in [0.25, 0.3) is 0 Å². The van der Waals surface area contributed by atoms with Gasteiger partial charge < -0.3 is 10.0 Å². The fraction of sp³-hybridized carbons (Fsp3) is 0.875. The molecule has 1 N–H and O–H groups in total. The Morgan fingerprint density at radius 1 is 1.64 bits per heavy atom. The van der Waals surface area contributed by atoms with E-state index < -0.39 is 0 Å². The number of aliphatic hydroxyl groups excluding tert-OH is 1. The fourth-order valence-electron chi connectivity index (χ4n) is 0.821. The molecule has 11 heavy (non-hydrogen) atoms. The van der Waals surface area contributed by atoms with E-state index >= 15 is 0 Å². The highest BCUT2D eigenvalue weighted by Gasteiger charge is 2.04. The minimum atomic E-state index is -0.251. The van der Waals surface area contributed by atoms with E-state index in [9.17, 15) is 5.11 Å². The lowest BCUT2D eigenvalue weighted by Gasteiger charge is -2.17. The molecule has 0 aromatic carbocycles. The second-order valence-corrected chi connectivity index (χ2v) is 2.73. The first-order chi connectivity index (χ1) is 5.20. The van der Waals surface area contributed by atoms with Gasteiger partial charge in [-0.3, -0.25) is 0 Å². The molecule has 0 aliphatic heterocycles. The Morgan fingerprint density at radius 2 is 2.27 bits per heavy atom. The summed E-state index contributed by atoms with van der Waals surface area (Å²) in [6.07, 6.45) is 1.06. The summed E-state index contributed by atoms with van der Waals surface area (Å²) in [5.41, 5.74) is 0. The standard InChI is InChI=1S/C8H16N2O/c1-3-8(11)7-10(2)6-4-5-9/h8,11H,3-4,6-7H2,1-2H3. The number of hydrogen-bond acceptors (Lipinski definition) is 3. The van der Waals surface area contributed by atoms with Crippen LogP contribution in [-0.2, 0) is 0 Å². The number of likely N-dealkylation sites (N-methyl/N-ethyl adjacent to an activating group) is 1. The lowest BCUT2D eigenvalue weighted by atomic mass is 10.2. The SMILES string of the molecule is CCC(O)CN(C)CCC#N. The zero-order chi connectivity index (χ0) is 8.69. The summed E-state index contributed by atoms with van der Waals surface area (Å²) in [5.74, 6) is 0. The van der Waals surface area contributed by atoms with Crippen LogP contribution in [0, 0.1) is 11.3 Å². The van der Waals surface area contributed by atoms with Gasteiger partial charge in [-0.1, -0.05) is 6.92 Å². The van der Waals surface area contributed by atoms with Crippen molar-refractivity contribution in [1.82, 2.24) is 4.90 Å². The Balaban J connectivity index is 3.37. The summed E-state index contributed by atoms with van der Waals surface area (Å²) in [4.78, 5) is 1.97. The molecule has 0 bridgehead atoms. The van der Waals surface area contributed by atoms with Crippen LogP contribution in [0.4, 0.5) is 0 Å². The number of aliphatic hydroxyl groups is 1. The van der Waals surface area contributed by atoms with Crippen LogP contribution in [-0.4, -0.2) is 36.2 Å². The summed E-state index contributed by atoms with van der Waals surface area (Å²) >= 11 is 0. The van der Waals surface area contributed by atoms with Crippen LogP contribution in [0.25, 0.3) is 0 Å². The molecule has 0 amide bonds. The van der Waals surface area contributed by atoms with Crippen molar-refractivity contribution in [2.45, 2.75) is 25.9 Å². The average molecular weight is 156 g/mol. The Morgan fingerprint density at radius 3 is 2.73 bits per heavy atom. The van der Waals surface area contributed by atoms with Crippen molar-refractivity contribution in [1.29, 1.82) is 5.26 Å². The molecule has 0 aliphatic rings. The van der Waals surface area contributed by atoms with Crippen LogP contribution in [0.3, 0.4) is 0 Å². The maximum atomic E-state index is 9.20. The van der Waals surface area contributed by atoms with E-state index in [-0.39, 0.29) is 6.10 Å². The smallest absolute Gasteiger partial charge is 0.0664 e. The molecule has 0 saturated carbocycles.